The zero-order valence-corrected chi connectivity index (χ0v) is 21.3. The summed E-state index contributed by atoms with van der Waals surface area (Å²) in [5, 5.41) is 11.0. The highest BCUT2D eigenvalue weighted by Crippen LogP contribution is 2.63. The summed E-state index contributed by atoms with van der Waals surface area (Å²) in [5.74, 6) is 4.02. The van der Waals surface area contributed by atoms with Gasteiger partial charge in [-0.3, -0.25) is 4.79 Å². The van der Waals surface area contributed by atoms with Crippen LogP contribution in [-0.4, -0.2) is 43.3 Å². The van der Waals surface area contributed by atoms with Crippen LogP contribution in [0.3, 0.4) is 0 Å². The van der Waals surface area contributed by atoms with E-state index in [1.165, 1.54) is 22.4 Å². The molecule has 0 bridgehead atoms. The lowest BCUT2D eigenvalue weighted by molar-refractivity contribution is -0.114. The van der Waals surface area contributed by atoms with Crippen LogP contribution < -0.4 is 4.90 Å². The molecular weight excluding hydrogens is 434 g/mol. The van der Waals surface area contributed by atoms with Crippen LogP contribution in [0, 0.1) is 29.6 Å². The number of ketones is 1. The van der Waals surface area contributed by atoms with Crippen molar-refractivity contribution < 1.29 is 14.6 Å². The third-order valence-corrected chi connectivity index (χ3v) is 9.35. The molecule has 4 heteroatoms. The van der Waals surface area contributed by atoms with Crippen molar-refractivity contribution in [3.8, 4) is 12.3 Å². The topological polar surface area (TPSA) is 49.8 Å². The number of nitrogens with zero attached hydrogens (tertiary/aromatic N) is 1. The first-order valence-electron chi connectivity index (χ1n) is 13.4. The van der Waals surface area contributed by atoms with Gasteiger partial charge in [0.2, 0.25) is 0 Å². The quantitative estimate of drug-likeness (QED) is 0.583. The molecule has 1 aromatic carbocycles. The Kier molecular flexibility index (Phi) is 6.93. The van der Waals surface area contributed by atoms with Crippen LogP contribution in [-0.2, 0) is 9.53 Å². The third kappa shape index (κ3) is 4.39. The summed E-state index contributed by atoms with van der Waals surface area (Å²) < 4.78 is 5.52. The van der Waals surface area contributed by atoms with Crippen molar-refractivity contribution in [2.75, 3.05) is 31.2 Å². The lowest BCUT2D eigenvalue weighted by Crippen LogP contribution is -2.45. The maximum absolute atomic E-state index is 12.1. The van der Waals surface area contributed by atoms with Crippen molar-refractivity contribution in [2.45, 2.75) is 70.8 Å². The zero-order chi connectivity index (χ0) is 24.6. The number of hydrogen-bond donors (Lipinski definition) is 1. The Bertz CT molecular complexity index is 1060. The van der Waals surface area contributed by atoms with E-state index in [1.807, 2.05) is 6.08 Å². The highest BCUT2D eigenvalue weighted by atomic mass is 16.5. The van der Waals surface area contributed by atoms with Gasteiger partial charge in [-0.05, 0) is 97.6 Å². The molecule has 6 rings (SSSR count). The number of aliphatic hydroxyl groups excluding tert-OH is 1. The number of terminal acetylenes is 1. The molecule has 186 valence electrons. The molecule has 4 aliphatic carbocycles. The van der Waals surface area contributed by atoms with Crippen molar-refractivity contribution in [3.63, 3.8) is 0 Å². The average Bonchev–Trinajstić information content (AvgIpc) is 3.18. The maximum Gasteiger partial charge on any atom is 0.156 e. The summed E-state index contributed by atoms with van der Waals surface area (Å²) in [4.78, 5) is 14.6. The molecule has 4 unspecified atom stereocenters. The van der Waals surface area contributed by atoms with Crippen molar-refractivity contribution in [1.82, 2.24) is 0 Å². The minimum atomic E-state index is -0.195. The van der Waals surface area contributed by atoms with Gasteiger partial charge >= 0.3 is 0 Å². The van der Waals surface area contributed by atoms with Gasteiger partial charge in [0.05, 0.1) is 19.3 Å². The van der Waals surface area contributed by atoms with Crippen molar-refractivity contribution in [1.29, 1.82) is 0 Å². The number of hydrogen-bond acceptors (Lipinski definition) is 4. The molecule has 2 saturated carbocycles. The number of ether oxygens (including phenoxy) is 1. The molecule has 0 spiro atoms. The van der Waals surface area contributed by atoms with Gasteiger partial charge in [-0.25, -0.2) is 0 Å². The normalized spacial score (nSPS) is 34.1. The first kappa shape index (κ1) is 24.3. The maximum atomic E-state index is 12.1. The second kappa shape index (κ2) is 9.96. The minimum absolute atomic E-state index is 0.00597. The summed E-state index contributed by atoms with van der Waals surface area (Å²) in [6.07, 6.45) is 13.2. The fourth-order valence-electron chi connectivity index (χ4n) is 7.67. The van der Waals surface area contributed by atoms with E-state index in [-0.39, 0.29) is 11.5 Å². The molecule has 0 radical (unpaired) electrons. The first-order valence-corrected chi connectivity index (χ1v) is 13.4. The molecule has 1 heterocycles. The SMILES string of the molecule is C#CC.CC12C[C@H](c3ccc(N4CCOCC4)cc3)C3=C4CCC(=O)C=C4CCC3C1CCC2O. The molecular formula is C31H39NO3. The second-order valence-electron chi connectivity index (χ2n) is 11.2. The smallest absolute Gasteiger partial charge is 0.156 e. The highest BCUT2D eigenvalue weighted by molar-refractivity contribution is 5.93. The standard InChI is InChI=1S/C28H35NO3.C3H4/c1-28-17-24(18-2-5-20(6-3-18)29-12-14-32-15-13-29)27-22-9-7-21(30)16-19(22)4-8-23(27)25(28)10-11-26(28)31;1-3-2/h2-3,5-6,16,23-26,31H,4,7-15,17H2,1H3;1H,2H3/t23?,24-,25?,26?,28?;/m1./s1. The van der Waals surface area contributed by atoms with E-state index in [9.17, 15) is 9.90 Å². The molecule has 1 N–H and O–H groups in total. The molecule has 1 aromatic rings. The minimum Gasteiger partial charge on any atom is -0.393 e. The molecule has 5 aliphatic rings. The monoisotopic (exact) mass is 473 g/mol. The molecule has 35 heavy (non-hydrogen) atoms. The van der Waals surface area contributed by atoms with Crippen molar-refractivity contribution >= 4 is 11.5 Å². The Morgan fingerprint density at radius 1 is 1.09 bits per heavy atom. The van der Waals surface area contributed by atoms with E-state index in [2.05, 4.69) is 48.4 Å². The average molecular weight is 474 g/mol. The predicted octanol–water partition coefficient (Wildman–Crippen LogP) is 5.42. The number of benzene rings is 1. The summed E-state index contributed by atoms with van der Waals surface area (Å²) >= 11 is 0. The highest BCUT2D eigenvalue weighted by Gasteiger charge is 2.56. The number of aliphatic hydroxyl groups is 1. The third-order valence-electron chi connectivity index (χ3n) is 9.35. The molecule has 3 fully saturated rings. The lowest BCUT2D eigenvalue weighted by atomic mass is 9.53. The number of anilines is 1. The van der Waals surface area contributed by atoms with Crippen LogP contribution in [0.4, 0.5) is 5.69 Å². The van der Waals surface area contributed by atoms with Crippen LogP contribution in [0.25, 0.3) is 0 Å². The van der Waals surface area contributed by atoms with E-state index in [0.717, 1.165) is 64.8 Å². The van der Waals surface area contributed by atoms with E-state index in [1.54, 1.807) is 12.5 Å². The molecule has 0 aromatic heterocycles. The number of fused-ring (bicyclic) bond motifs is 4. The number of carbonyl (C=O) groups excluding carboxylic acids is 1. The summed E-state index contributed by atoms with van der Waals surface area (Å²) in [5.41, 5.74) is 7.07. The Labute approximate surface area is 210 Å². The first-order chi connectivity index (χ1) is 17.0. The van der Waals surface area contributed by atoms with Crippen LogP contribution in [0.2, 0.25) is 0 Å². The Morgan fingerprint density at radius 3 is 2.51 bits per heavy atom. The Morgan fingerprint density at radius 2 is 1.80 bits per heavy atom. The van der Waals surface area contributed by atoms with Gasteiger partial charge in [0, 0.05) is 31.1 Å². The van der Waals surface area contributed by atoms with Gasteiger partial charge in [0.25, 0.3) is 0 Å². The lowest BCUT2D eigenvalue weighted by Gasteiger charge is -2.52. The van der Waals surface area contributed by atoms with Crippen LogP contribution in [0.15, 0.2) is 47.1 Å². The van der Waals surface area contributed by atoms with E-state index in [0.29, 0.717) is 30.0 Å². The molecule has 5 atom stereocenters. The van der Waals surface area contributed by atoms with E-state index in [4.69, 9.17) is 4.74 Å². The van der Waals surface area contributed by atoms with Crippen LogP contribution in [0.1, 0.15) is 70.3 Å². The summed E-state index contributed by atoms with van der Waals surface area (Å²) in [6, 6.07) is 9.23. The van der Waals surface area contributed by atoms with Gasteiger partial charge in [-0.1, -0.05) is 24.6 Å². The molecule has 1 saturated heterocycles. The number of morpholine rings is 1. The predicted molar refractivity (Wildman–Crippen MR) is 140 cm³/mol. The Balaban J connectivity index is 0.000000806. The van der Waals surface area contributed by atoms with Crippen LogP contribution >= 0.6 is 0 Å². The van der Waals surface area contributed by atoms with Crippen molar-refractivity contribution in [3.05, 3.63) is 52.6 Å². The molecule has 0 amide bonds. The largest absolute Gasteiger partial charge is 0.393 e. The van der Waals surface area contributed by atoms with Gasteiger partial charge in [-0.2, -0.15) is 0 Å². The van der Waals surface area contributed by atoms with Gasteiger partial charge in [0.1, 0.15) is 0 Å². The van der Waals surface area contributed by atoms with Gasteiger partial charge < -0.3 is 14.7 Å². The van der Waals surface area contributed by atoms with Crippen molar-refractivity contribution in [2.24, 2.45) is 17.3 Å². The van der Waals surface area contributed by atoms with E-state index >= 15 is 0 Å². The second-order valence-corrected chi connectivity index (χ2v) is 11.2. The fourth-order valence-corrected chi connectivity index (χ4v) is 7.67. The molecule has 1 aliphatic heterocycles. The number of allylic oxidation sites excluding steroid dienone is 4. The Hall–Kier alpha value is -2.35. The fraction of sp³-hybridized carbons (Fsp3) is 0.581. The van der Waals surface area contributed by atoms with Gasteiger partial charge in [-0.15, -0.1) is 12.3 Å². The summed E-state index contributed by atoms with van der Waals surface area (Å²) in [6.45, 7) is 7.51. The van der Waals surface area contributed by atoms with Crippen LogP contribution in [0.5, 0.6) is 0 Å². The van der Waals surface area contributed by atoms with E-state index < -0.39 is 0 Å². The summed E-state index contributed by atoms with van der Waals surface area (Å²) in [7, 11) is 0. The zero-order valence-electron chi connectivity index (χ0n) is 21.3. The van der Waals surface area contributed by atoms with Gasteiger partial charge in [0.15, 0.2) is 5.78 Å². The number of carbonyl (C=O) groups is 1. The molecule has 4 nitrogen and oxygen atoms in total. The number of rotatable bonds is 2.